The van der Waals surface area contributed by atoms with Gasteiger partial charge < -0.3 is 9.64 Å². The van der Waals surface area contributed by atoms with E-state index in [9.17, 15) is 9.59 Å². The number of fused-ring (bicyclic) bond motifs is 1. The molecule has 1 aliphatic heterocycles. The van der Waals surface area contributed by atoms with Crippen LogP contribution in [0, 0.1) is 5.92 Å². The average molecular weight is 378 g/mol. The molecule has 1 aromatic heterocycles. The molecule has 28 heavy (non-hydrogen) atoms. The molecular formula is C21H22N4O3. The van der Waals surface area contributed by atoms with Crippen molar-refractivity contribution in [2.24, 2.45) is 5.92 Å². The smallest absolute Gasteiger partial charge is 0.308 e. The van der Waals surface area contributed by atoms with Crippen molar-refractivity contribution < 1.29 is 14.3 Å². The summed E-state index contributed by atoms with van der Waals surface area (Å²) in [6.45, 7) is 1.59. The third-order valence-corrected chi connectivity index (χ3v) is 5.29. The van der Waals surface area contributed by atoms with Gasteiger partial charge in [0.25, 0.3) is 5.91 Å². The minimum atomic E-state index is -0.201. The van der Waals surface area contributed by atoms with Crippen LogP contribution >= 0.6 is 0 Å². The number of likely N-dealkylation sites (tertiary alicyclic amines) is 1. The van der Waals surface area contributed by atoms with Crippen molar-refractivity contribution in [3.05, 3.63) is 59.9 Å². The molecule has 1 fully saturated rings. The second kappa shape index (κ2) is 7.80. The van der Waals surface area contributed by atoms with Gasteiger partial charge in [-0.15, -0.1) is 5.10 Å². The number of amides is 1. The molecule has 7 heteroatoms. The summed E-state index contributed by atoms with van der Waals surface area (Å²) < 4.78 is 6.48. The number of carbonyl (C=O) groups excluding carboxylic acids is 2. The lowest BCUT2D eigenvalue weighted by Crippen LogP contribution is -2.40. The highest BCUT2D eigenvalue weighted by molar-refractivity contribution is 5.92. The van der Waals surface area contributed by atoms with E-state index in [1.807, 2.05) is 18.2 Å². The van der Waals surface area contributed by atoms with Gasteiger partial charge in [-0.1, -0.05) is 47.7 Å². The second-order valence-electron chi connectivity index (χ2n) is 7.03. The highest BCUT2D eigenvalue weighted by atomic mass is 16.5. The minimum Gasteiger partial charge on any atom is -0.469 e. The van der Waals surface area contributed by atoms with E-state index >= 15 is 0 Å². The van der Waals surface area contributed by atoms with Gasteiger partial charge in [-0.3, -0.25) is 9.59 Å². The predicted octanol–water partition coefficient (Wildman–Crippen LogP) is 2.50. The number of nitrogens with zero attached hydrogens (tertiary/aromatic N) is 4. The summed E-state index contributed by atoms with van der Waals surface area (Å²) in [5.41, 5.74) is 1.46. The van der Waals surface area contributed by atoms with Gasteiger partial charge in [-0.05, 0) is 29.2 Å². The molecule has 2 aromatic carbocycles. The van der Waals surface area contributed by atoms with Crippen LogP contribution in [0.1, 0.15) is 28.9 Å². The third-order valence-electron chi connectivity index (χ3n) is 5.29. The number of esters is 1. The lowest BCUT2D eigenvalue weighted by atomic mass is 9.97. The first kappa shape index (κ1) is 18.2. The Labute approximate surface area is 162 Å². The number of benzene rings is 2. The lowest BCUT2D eigenvalue weighted by molar-refractivity contribution is -0.146. The van der Waals surface area contributed by atoms with Crippen molar-refractivity contribution >= 4 is 22.6 Å². The average Bonchev–Trinajstić information content (AvgIpc) is 3.21. The molecular weight excluding hydrogens is 356 g/mol. The fourth-order valence-corrected chi connectivity index (χ4v) is 3.73. The number of ether oxygens (including phenoxy) is 1. The Morgan fingerprint density at radius 2 is 1.86 bits per heavy atom. The molecule has 0 unspecified atom stereocenters. The zero-order valence-electron chi connectivity index (χ0n) is 15.7. The molecule has 0 N–H and O–H groups in total. The molecule has 1 aliphatic rings. The molecule has 0 spiro atoms. The van der Waals surface area contributed by atoms with E-state index < -0.39 is 0 Å². The Hall–Kier alpha value is -3.22. The van der Waals surface area contributed by atoms with Crippen LogP contribution in [-0.2, 0) is 16.1 Å². The third kappa shape index (κ3) is 3.60. The fraction of sp³-hybridized carbons (Fsp3) is 0.333. The Kier molecular flexibility index (Phi) is 5.06. The van der Waals surface area contributed by atoms with Crippen molar-refractivity contribution in [2.45, 2.75) is 19.4 Å². The Balaban J connectivity index is 1.44. The van der Waals surface area contributed by atoms with Crippen molar-refractivity contribution in [3.63, 3.8) is 0 Å². The van der Waals surface area contributed by atoms with E-state index in [2.05, 4.69) is 34.6 Å². The van der Waals surface area contributed by atoms with Gasteiger partial charge in [-0.2, -0.15) is 0 Å². The quantitative estimate of drug-likeness (QED) is 0.652. The topological polar surface area (TPSA) is 77.3 Å². The van der Waals surface area contributed by atoms with Gasteiger partial charge in [0.2, 0.25) is 0 Å². The molecule has 144 valence electrons. The number of piperidine rings is 1. The first-order valence-corrected chi connectivity index (χ1v) is 9.39. The summed E-state index contributed by atoms with van der Waals surface area (Å²) in [5.74, 6) is -0.475. The maximum atomic E-state index is 12.7. The number of rotatable bonds is 4. The van der Waals surface area contributed by atoms with Gasteiger partial charge in [-0.25, -0.2) is 4.68 Å². The molecule has 2 heterocycles. The van der Waals surface area contributed by atoms with Crippen LogP contribution in [-0.4, -0.2) is 52.0 Å². The largest absolute Gasteiger partial charge is 0.469 e. The van der Waals surface area contributed by atoms with Gasteiger partial charge in [0.05, 0.1) is 25.8 Å². The van der Waals surface area contributed by atoms with Gasteiger partial charge >= 0.3 is 5.97 Å². The molecule has 0 radical (unpaired) electrons. The molecule has 7 nitrogen and oxygen atoms in total. The van der Waals surface area contributed by atoms with E-state index in [0.29, 0.717) is 38.2 Å². The summed E-state index contributed by atoms with van der Waals surface area (Å²) in [7, 11) is 1.40. The number of methoxy groups -OCH3 is 1. The first-order valence-electron chi connectivity index (χ1n) is 9.39. The lowest BCUT2D eigenvalue weighted by Gasteiger charge is -2.30. The Morgan fingerprint density at radius 3 is 2.64 bits per heavy atom. The highest BCUT2D eigenvalue weighted by Crippen LogP contribution is 2.21. The van der Waals surface area contributed by atoms with Crippen molar-refractivity contribution in [2.75, 3.05) is 20.2 Å². The number of hydrogen-bond acceptors (Lipinski definition) is 5. The number of carbonyl (C=O) groups is 2. The summed E-state index contributed by atoms with van der Waals surface area (Å²) in [6, 6.07) is 14.3. The van der Waals surface area contributed by atoms with Crippen LogP contribution in [0.2, 0.25) is 0 Å². The normalized spacial score (nSPS) is 15.0. The molecule has 0 saturated carbocycles. The van der Waals surface area contributed by atoms with E-state index in [4.69, 9.17) is 4.74 Å². The molecule has 1 amide bonds. The number of hydrogen-bond donors (Lipinski definition) is 0. The molecule has 0 bridgehead atoms. The van der Waals surface area contributed by atoms with Gasteiger partial charge in [0.15, 0.2) is 5.69 Å². The van der Waals surface area contributed by atoms with Gasteiger partial charge in [0.1, 0.15) is 0 Å². The standard InChI is InChI=1S/C21H22N4O3/c1-28-21(27)16-9-11-24(12-10-16)20(26)19-14-25(23-22-19)13-17-7-4-6-15-5-2-3-8-18(15)17/h2-8,14,16H,9-13H2,1H3. The fourth-order valence-electron chi connectivity index (χ4n) is 3.73. The van der Waals surface area contributed by atoms with Crippen molar-refractivity contribution in [3.8, 4) is 0 Å². The molecule has 0 atom stereocenters. The van der Waals surface area contributed by atoms with Crippen molar-refractivity contribution in [1.82, 2.24) is 19.9 Å². The van der Waals surface area contributed by atoms with Crippen LogP contribution in [0.4, 0.5) is 0 Å². The summed E-state index contributed by atoms with van der Waals surface area (Å²) in [6.07, 6.45) is 2.92. The summed E-state index contributed by atoms with van der Waals surface area (Å²) >= 11 is 0. The van der Waals surface area contributed by atoms with E-state index in [1.54, 1.807) is 15.8 Å². The van der Waals surface area contributed by atoms with E-state index in [0.717, 1.165) is 5.56 Å². The first-order chi connectivity index (χ1) is 13.7. The van der Waals surface area contributed by atoms with Crippen LogP contribution in [0.25, 0.3) is 10.8 Å². The van der Waals surface area contributed by atoms with Crippen LogP contribution in [0.15, 0.2) is 48.7 Å². The maximum absolute atomic E-state index is 12.7. The molecule has 4 rings (SSSR count). The van der Waals surface area contributed by atoms with Crippen LogP contribution in [0.3, 0.4) is 0 Å². The van der Waals surface area contributed by atoms with E-state index in [-0.39, 0.29) is 17.8 Å². The van der Waals surface area contributed by atoms with Crippen LogP contribution < -0.4 is 0 Å². The zero-order valence-corrected chi connectivity index (χ0v) is 15.7. The molecule has 3 aromatic rings. The van der Waals surface area contributed by atoms with E-state index in [1.165, 1.54) is 17.9 Å². The molecule has 0 aliphatic carbocycles. The van der Waals surface area contributed by atoms with Crippen LogP contribution in [0.5, 0.6) is 0 Å². The SMILES string of the molecule is COC(=O)C1CCN(C(=O)c2cn(Cc3cccc4ccccc34)nn2)CC1. The summed E-state index contributed by atoms with van der Waals surface area (Å²) in [4.78, 5) is 26.1. The Morgan fingerprint density at radius 1 is 1.11 bits per heavy atom. The molecule has 1 saturated heterocycles. The maximum Gasteiger partial charge on any atom is 0.308 e. The summed E-state index contributed by atoms with van der Waals surface area (Å²) in [5, 5.41) is 10.5. The zero-order chi connectivity index (χ0) is 19.5. The van der Waals surface area contributed by atoms with Gasteiger partial charge in [0, 0.05) is 13.1 Å². The minimum absolute atomic E-state index is 0.129. The predicted molar refractivity (Wildman–Crippen MR) is 104 cm³/mol. The van der Waals surface area contributed by atoms with Crippen molar-refractivity contribution in [1.29, 1.82) is 0 Å². The second-order valence-corrected chi connectivity index (χ2v) is 7.03. The number of aromatic nitrogens is 3. The highest BCUT2D eigenvalue weighted by Gasteiger charge is 2.29. The Bertz CT molecular complexity index is 1000. The monoisotopic (exact) mass is 378 g/mol.